The van der Waals surface area contributed by atoms with Crippen LogP contribution in [0.1, 0.15) is 29.6 Å². The van der Waals surface area contributed by atoms with E-state index in [9.17, 15) is 4.79 Å². The van der Waals surface area contributed by atoms with E-state index in [2.05, 4.69) is 20.5 Å². The van der Waals surface area contributed by atoms with Gasteiger partial charge in [-0.25, -0.2) is 0 Å². The first kappa shape index (κ1) is 13.8. The molecular weight excluding hydrogens is 240 g/mol. The summed E-state index contributed by atoms with van der Waals surface area (Å²) in [4.78, 5) is 18.5. The predicted molar refractivity (Wildman–Crippen MR) is 76.4 cm³/mol. The van der Waals surface area contributed by atoms with E-state index in [0.717, 1.165) is 25.3 Å². The minimum absolute atomic E-state index is 0.0382. The van der Waals surface area contributed by atoms with Gasteiger partial charge in [0.15, 0.2) is 0 Å². The van der Waals surface area contributed by atoms with Crippen molar-refractivity contribution in [3.8, 4) is 0 Å². The van der Waals surface area contributed by atoms with Crippen LogP contribution < -0.4 is 10.6 Å². The van der Waals surface area contributed by atoms with Gasteiger partial charge in [-0.1, -0.05) is 6.42 Å². The van der Waals surface area contributed by atoms with Gasteiger partial charge in [-0.05, 0) is 32.0 Å². The highest BCUT2D eigenvalue weighted by atomic mass is 16.1. The molecule has 1 aromatic heterocycles. The maximum absolute atomic E-state index is 12.1. The lowest BCUT2D eigenvalue weighted by Crippen LogP contribution is -2.37. The Bertz CT molecular complexity index is 416. The molecule has 1 aliphatic rings. The van der Waals surface area contributed by atoms with E-state index in [1.807, 2.05) is 0 Å². The number of likely N-dealkylation sites (tertiary alicyclic amines) is 1. The van der Waals surface area contributed by atoms with Crippen molar-refractivity contribution < 1.29 is 4.79 Å². The summed E-state index contributed by atoms with van der Waals surface area (Å²) in [6.07, 6.45) is 7.20. The second-order valence-corrected chi connectivity index (χ2v) is 4.83. The number of nitrogens with zero attached hydrogens (tertiary/aromatic N) is 2. The summed E-state index contributed by atoms with van der Waals surface area (Å²) < 4.78 is 0. The van der Waals surface area contributed by atoms with Crippen LogP contribution in [0.25, 0.3) is 0 Å². The monoisotopic (exact) mass is 262 g/mol. The van der Waals surface area contributed by atoms with Gasteiger partial charge in [0.05, 0.1) is 17.4 Å². The molecule has 5 nitrogen and oxygen atoms in total. The molecule has 0 unspecified atom stereocenters. The van der Waals surface area contributed by atoms with Crippen molar-refractivity contribution in [1.29, 1.82) is 0 Å². The number of anilines is 1. The number of amides is 1. The smallest absolute Gasteiger partial charge is 0.253 e. The number of carbonyl (C=O) groups is 1. The number of hydrogen-bond donors (Lipinski definition) is 2. The van der Waals surface area contributed by atoms with Crippen LogP contribution in [0.4, 0.5) is 5.69 Å². The fourth-order valence-corrected chi connectivity index (χ4v) is 2.40. The molecule has 0 atom stereocenters. The van der Waals surface area contributed by atoms with Crippen LogP contribution in [0, 0.1) is 0 Å². The fraction of sp³-hybridized carbons (Fsp3) is 0.571. The Labute approximate surface area is 114 Å². The minimum Gasteiger partial charge on any atom is -0.386 e. The second-order valence-electron chi connectivity index (χ2n) is 4.83. The van der Waals surface area contributed by atoms with Gasteiger partial charge in [0.1, 0.15) is 0 Å². The molecule has 2 rings (SSSR count). The zero-order chi connectivity index (χ0) is 13.5. The summed E-state index contributed by atoms with van der Waals surface area (Å²) in [5.41, 5.74) is 1.41. The van der Waals surface area contributed by atoms with Gasteiger partial charge in [0.2, 0.25) is 0 Å². The molecule has 1 aromatic rings. The molecule has 5 heteroatoms. The van der Waals surface area contributed by atoms with Crippen LogP contribution >= 0.6 is 0 Å². The summed E-state index contributed by atoms with van der Waals surface area (Å²) >= 11 is 0. The summed E-state index contributed by atoms with van der Waals surface area (Å²) in [5, 5.41) is 5.96. The van der Waals surface area contributed by atoms with E-state index in [4.69, 9.17) is 0 Å². The van der Waals surface area contributed by atoms with Crippen LogP contribution in [0.3, 0.4) is 0 Å². The van der Waals surface area contributed by atoms with Crippen molar-refractivity contribution in [2.24, 2.45) is 0 Å². The Morgan fingerprint density at radius 1 is 1.37 bits per heavy atom. The van der Waals surface area contributed by atoms with Crippen molar-refractivity contribution in [1.82, 2.24) is 15.2 Å². The molecule has 0 radical (unpaired) electrons. The highest BCUT2D eigenvalue weighted by Gasteiger charge is 2.12. The number of rotatable bonds is 5. The minimum atomic E-state index is -0.0382. The molecule has 19 heavy (non-hydrogen) atoms. The number of aromatic nitrogens is 1. The van der Waals surface area contributed by atoms with E-state index in [1.54, 1.807) is 25.5 Å². The Morgan fingerprint density at radius 2 is 2.16 bits per heavy atom. The largest absolute Gasteiger partial charge is 0.386 e. The van der Waals surface area contributed by atoms with Crippen molar-refractivity contribution in [3.63, 3.8) is 0 Å². The van der Waals surface area contributed by atoms with Crippen molar-refractivity contribution in [3.05, 3.63) is 24.0 Å². The predicted octanol–water partition coefficient (Wildman–Crippen LogP) is 1.34. The molecule has 2 heterocycles. The first-order valence-electron chi connectivity index (χ1n) is 6.93. The van der Waals surface area contributed by atoms with Crippen molar-refractivity contribution in [2.45, 2.75) is 19.3 Å². The molecule has 1 aliphatic heterocycles. The van der Waals surface area contributed by atoms with Gasteiger partial charge in [0.25, 0.3) is 5.91 Å². The first-order valence-corrected chi connectivity index (χ1v) is 6.93. The molecule has 0 aliphatic carbocycles. The number of piperidine rings is 1. The second kappa shape index (κ2) is 7.09. The average Bonchev–Trinajstić information content (AvgIpc) is 2.48. The van der Waals surface area contributed by atoms with Gasteiger partial charge >= 0.3 is 0 Å². The number of nitrogens with one attached hydrogen (secondary N) is 2. The number of hydrogen-bond acceptors (Lipinski definition) is 4. The van der Waals surface area contributed by atoms with Crippen molar-refractivity contribution >= 4 is 11.6 Å². The van der Waals surface area contributed by atoms with Crippen LogP contribution in [-0.2, 0) is 0 Å². The van der Waals surface area contributed by atoms with E-state index in [-0.39, 0.29) is 5.91 Å². The van der Waals surface area contributed by atoms with E-state index >= 15 is 0 Å². The number of carbonyl (C=O) groups excluding carboxylic acids is 1. The average molecular weight is 262 g/mol. The van der Waals surface area contributed by atoms with Gasteiger partial charge in [-0.2, -0.15) is 0 Å². The molecular formula is C14H22N4O. The standard InChI is InChI=1S/C14H22N4O/c1-15-13-11-16-6-5-12(13)14(19)17-7-10-18-8-3-2-4-9-18/h5-6,11,15H,2-4,7-10H2,1H3,(H,17,19). The van der Waals surface area contributed by atoms with E-state index in [0.29, 0.717) is 12.1 Å². The molecule has 2 N–H and O–H groups in total. The lowest BCUT2D eigenvalue weighted by molar-refractivity contribution is 0.0947. The number of pyridine rings is 1. The van der Waals surface area contributed by atoms with Gasteiger partial charge in [0, 0.05) is 26.3 Å². The Hall–Kier alpha value is -1.62. The zero-order valence-corrected chi connectivity index (χ0v) is 11.5. The van der Waals surface area contributed by atoms with E-state index < -0.39 is 0 Å². The quantitative estimate of drug-likeness (QED) is 0.841. The fourth-order valence-electron chi connectivity index (χ4n) is 2.40. The van der Waals surface area contributed by atoms with E-state index in [1.165, 1.54) is 19.3 Å². The maximum atomic E-state index is 12.1. The Kier molecular flexibility index (Phi) is 5.15. The highest BCUT2D eigenvalue weighted by Crippen LogP contribution is 2.12. The topological polar surface area (TPSA) is 57.3 Å². The van der Waals surface area contributed by atoms with Crippen LogP contribution in [-0.4, -0.2) is 49.0 Å². The molecule has 0 bridgehead atoms. The zero-order valence-electron chi connectivity index (χ0n) is 11.5. The molecule has 0 aromatic carbocycles. The third kappa shape index (κ3) is 3.92. The Morgan fingerprint density at radius 3 is 2.89 bits per heavy atom. The SMILES string of the molecule is CNc1cnccc1C(=O)NCCN1CCCCC1. The van der Waals surface area contributed by atoms with Gasteiger partial charge in [-0.15, -0.1) is 0 Å². The third-order valence-corrected chi connectivity index (χ3v) is 3.50. The van der Waals surface area contributed by atoms with Gasteiger partial charge in [-0.3, -0.25) is 9.78 Å². The van der Waals surface area contributed by atoms with Crippen molar-refractivity contribution in [2.75, 3.05) is 38.5 Å². The molecule has 1 amide bonds. The molecule has 1 saturated heterocycles. The van der Waals surface area contributed by atoms with Gasteiger partial charge < -0.3 is 15.5 Å². The first-order chi connectivity index (χ1) is 9.31. The van der Waals surface area contributed by atoms with Crippen LogP contribution in [0.5, 0.6) is 0 Å². The van der Waals surface area contributed by atoms with Crippen LogP contribution in [0.15, 0.2) is 18.5 Å². The molecule has 1 fully saturated rings. The Balaban J connectivity index is 1.80. The summed E-state index contributed by atoms with van der Waals surface area (Å²) in [5.74, 6) is -0.0382. The highest BCUT2D eigenvalue weighted by molar-refractivity contribution is 5.99. The lowest BCUT2D eigenvalue weighted by Gasteiger charge is -2.26. The third-order valence-electron chi connectivity index (χ3n) is 3.50. The molecule has 104 valence electrons. The molecule has 0 saturated carbocycles. The molecule has 0 spiro atoms. The summed E-state index contributed by atoms with van der Waals surface area (Å²) in [6.45, 7) is 3.95. The lowest BCUT2D eigenvalue weighted by atomic mass is 10.1. The summed E-state index contributed by atoms with van der Waals surface area (Å²) in [7, 11) is 1.79. The normalized spacial score (nSPS) is 16.1. The summed E-state index contributed by atoms with van der Waals surface area (Å²) in [6, 6.07) is 1.74. The van der Waals surface area contributed by atoms with Crippen LogP contribution in [0.2, 0.25) is 0 Å². The maximum Gasteiger partial charge on any atom is 0.253 e.